The summed E-state index contributed by atoms with van der Waals surface area (Å²) in [6.07, 6.45) is 3.19. The second-order valence-corrected chi connectivity index (χ2v) is 12.0. The lowest BCUT2D eigenvalue weighted by molar-refractivity contribution is -0.201. The molecule has 4 aliphatic rings. The highest BCUT2D eigenvalue weighted by Gasteiger charge is 2.65. The van der Waals surface area contributed by atoms with Crippen molar-refractivity contribution in [2.24, 2.45) is 17.3 Å². The first-order valence-corrected chi connectivity index (χ1v) is 11.9. The lowest BCUT2D eigenvalue weighted by Gasteiger charge is -2.52. The number of halogens is 4. The van der Waals surface area contributed by atoms with Crippen LogP contribution >= 0.6 is 0 Å². The highest BCUT2D eigenvalue weighted by molar-refractivity contribution is 7.87. The molecule has 0 aromatic heterocycles. The minimum atomic E-state index is -6.32. The summed E-state index contributed by atoms with van der Waals surface area (Å²) in [5, 5.41) is -5.67. The summed E-state index contributed by atoms with van der Waals surface area (Å²) in [5.74, 6) is -5.30. The zero-order chi connectivity index (χ0) is 23.5. The molecule has 0 radical (unpaired) electrons. The zero-order valence-corrected chi connectivity index (χ0v) is 18.7. The first kappa shape index (κ1) is 24.7. The molecule has 0 saturated heterocycles. The van der Waals surface area contributed by atoms with Crippen LogP contribution in [0.1, 0.15) is 72.1 Å². The SMILES string of the molecule is CC(C)(C)OC12CCC3CC(C1)CC(C(=O)OCCC(F)(F)C(F)(F)S(=O)(=O)O)(C3)C2. The Bertz CT molecular complexity index is 824. The quantitative estimate of drug-likeness (QED) is 0.330. The molecule has 11 heteroatoms. The van der Waals surface area contributed by atoms with Crippen LogP contribution in [0.25, 0.3) is 0 Å². The van der Waals surface area contributed by atoms with E-state index in [0.717, 1.165) is 25.7 Å². The zero-order valence-electron chi connectivity index (χ0n) is 17.9. The fourth-order valence-electron chi connectivity index (χ4n) is 6.00. The topological polar surface area (TPSA) is 89.9 Å². The summed E-state index contributed by atoms with van der Waals surface area (Å²) >= 11 is 0. The molecule has 4 bridgehead atoms. The molecule has 4 unspecified atom stereocenters. The summed E-state index contributed by atoms with van der Waals surface area (Å²) < 4.78 is 95.2. The first-order chi connectivity index (χ1) is 13.9. The molecule has 0 aromatic carbocycles. The molecule has 0 aromatic rings. The standard InChI is InChI=1S/C20H30F4O6S/c1-16(2,3)30-18-5-4-13-8-14(11-18)10-17(9-13,12-18)15(25)29-7-6-19(21,22)20(23,24)31(26,27)28/h13-14H,4-12H2,1-3H3,(H,26,27,28). The Morgan fingerprint density at radius 2 is 1.71 bits per heavy atom. The molecular weight excluding hydrogens is 444 g/mol. The van der Waals surface area contributed by atoms with Crippen molar-refractivity contribution in [2.45, 2.75) is 94.5 Å². The Morgan fingerprint density at radius 3 is 2.29 bits per heavy atom. The Labute approximate surface area is 179 Å². The van der Waals surface area contributed by atoms with E-state index >= 15 is 0 Å². The number of hydrogen-bond acceptors (Lipinski definition) is 5. The van der Waals surface area contributed by atoms with Crippen molar-refractivity contribution in [1.29, 1.82) is 0 Å². The molecule has 1 N–H and O–H groups in total. The van der Waals surface area contributed by atoms with Gasteiger partial charge in [0.1, 0.15) is 0 Å². The maximum Gasteiger partial charge on any atom is 0.431 e. The van der Waals surface area contributed by atoms with Crippen LogP contribution in [0, 0.1) is 17.3 Å². The van der Waals surface area contributed by atoms with Gasteiger partial charge in [-0.1, -0.05) is 0 Å². The third-order valence-corrected chi connectivity index (χ3v) is 7.66. The third-order valence-electron chi connectivity index (χ3n) is 6.71. The van der Waals surface area contributed by atoms with Gasteiger partial charge < -0.3 is 9.47 Å². The number of esters is 1. The molecule has 31 heavy (non-hydrogen) atoms. The molecular formula is C20H30F4O6S. The predicted octanol–water partition coefficient (Wildman–Crippen LogP) is 4.58. The van der Waals surface area contributed by atoms with E-state index < -0.39 is 56.9 Å². The van der Waals surface area contributed by atoms with Gasteiger partial charge in [-0.15, -0.1) is 0 Å². The summed E-state index contributed by atoms with van der Waals surface area (Å²) in [5.41, 5.74) is -1.88. The summed E-state index contributed by atoms with van der Waals surface area (Å²) in [7, 11) is -6.32. The highest BCUT2D eigenvalue weighted by atomic mass is 32.2. The van der Waals surface area contributed by atoms with Crippen LogP contribution in [0.4, 0.5) is 17.6 Å². The lowest BCUT2D eigenvalue weighted by Crippen LogP contribution is -2.53. The van der Waals surface area contributed by atoms with Gasteiger partial charge in [-0.2, -0.15) is 26.0 Å². The van der Waals surface area contributed by atoms with E-state index in [1.54, 1.807) is 0 Å². The number of hydrogen-bond donors (Lipinski definition) is 1. The lowest BCUT2D eigenvalue weighted by atomic mass is 9.57. The number of ether oxygens (including phenoxy) is 2. The number of rotatable bonds is 7. The van der Waals surface area contributed by atoms with Crippen molar-refractivity contribution < 1.29 is 44.8 Å². The molecule has 0 spiro atoms. The maximum absolute atomic E-state index is 13.7. The average Bonchev–Trinajstić information content (AvgIpc) is 2.74. The van der Waals surface area contributed by atoms with Gasteiger partial charge in [0.25, 0.3) is 0 Å². The van der Waals surface area contributed by atoms with E-state index in [1.165, 1.54) is 0 Å². The van der Waals surface area contributed by atoms with Gasteiger partial charge in [-0.05, 0) is 77.6 Å². The van der Waals surface area contributed by atoms with Crippen molar-refractivity contribution in [2.75, 3.05) is 6.61 Å². The van der Waals surface area contributed by atoms with Gasteiger partial charge in [0.2, 0.25) is 0 Å². The average molecular weight is 475 g/mol. The minimum Gasteiger partial charge on any atom is -0.465 e. The largest absolute Gasteiger partial charge is 0.465 e. The van der Waals surface area contributed by atoms with Crippen LogP contribution in [-0.4, -0.2) is 47.9 Å². The summed E-state index contributed by atoms with van der Waals surface area (Å²) in [6.45, 7) is 4.72. The van der Waals surface area contributed by atoms with Gasteiger partial charge in [0, 0.05) is 0 Å². The van der Waals surface area contributed by atoms with Crippen LogP contribution in [0.5, 0.6) is 0 Å². The van der Waals surface area contributed by atoms with Crippen molar-refractivity contribution in [1.82, 2.24) is 0 Å². The van der Waals surface area contributed by atoms with Crippen molar-refractivity contribution in [3.05, 3.63) is 0 Å². The molecule has 0 heterocycles. The van der Waals surface area contributed by atoms with E-state index in [4.69, 9.17) is 14.0 Å². The second-order valence-electron chi connectivity index (χ2n) is 10.6. The van der Waals surface area contributed by atoms with E-state index in [2.05, 4.69) is 0 Å². The van der Waals surface area contributed by atoms with E-state index in [-0.39, 0.29) is 11.8 Å². The molecule has 4 saturated carbocycles. The fourth-order valence-corrected chi connectivity index (χ4v) is 6.47. The van der Waals surface area contributed by atoms with Gasteiger partial charge in [-0.3, -0.25) is 9.35 Å². The Morgan fingerprint density at radius 1 is 1.10 bits per heavy atom. The van der Waals surface area contributed by atoms with Gasteiger partial charge in [0.15, 0.2) is 0 Å². The van der Waals surface area contributed by atoms with Gasteiger partial charge in [0.05, 0.1) is 29.6 Å². The van der Waals surface area contributed by atoms with Crippen molar-refractivity contribution in [3.63, 3.8) is 0 Å². The molecule has 4 fully saturated rings. The molecule has 4 rings (SSSR count). The Kier molecular flexibility index (Phi) is 6.01. The summed E-state index contributed by atoms with van der Waals surface area (Å²) in [4.78, 5) is 13.0. The predicted molar refractivity (Wildman–Crippen MR) is 102 cm³/mol. The summed E-state index contributed by atoms with van der Waals surface area (Å²) in [6, 6.07) is 0. The highest BCUT2D eigenvalue weighted by Crippen LogP contribution is 2.61. The van der Waals surface area contributed by atoms with Crippen LogP contribution in [0.2, 0.25) is 0 Å². The number of carbonyl (C=O) groups is 1. The molecule has 180 valence electrons. The number of carbonyl (C=O) groups excluding carboxylic acids is 1. The smallest absolute Gasteiger partial charge is 0.431 e. The third kappa shape index (κ3) is 4.73. The first-order valence-electron chi connectivity index (χ1n) is 10.5. The maximum atomic E-state index is 13.7. The van der Waals surface area contributed by atoms with Crippen molar-refractivity contribution >= 4 is 16.1 Å². The molecule has 6 nitrogen and oxygen atoms in total. The van der Waals surface area contributed by atoms with E-state index in [0.29, 0.717) is 19.3 Å². The van der Waals surface area contributed by atoms with Gasteiger partial charge in [-0.25, -0.2) is 0 Å². The van der Waals surface area contributed by atoms with Crippen LogP contribution in [0.15, 0.2) is 0 Å². The molecule has 0 amide bonds. The normalized spacial score (nSPS) is 33.9. The molecule has 0 aliphatic heterocycles. The van der Waals surface area contributed by atoms with Crippen LogP contribution in [0.3, 0.4) is 0 Å². The van der Waals surface area contributed by atoms with E-state index in [9.17, 15) is 30.8 Å². The Balaban J connectivity index is 1.73. The second kappa shape index (κ2) is 7.55. The van der Waals surface area contributed by atoms with Crippen molar-refractivity contribution in [3.8, 4) is 0 Å². The van der Waals surface area contributed by atoms with E-state index in [1.807, 2.05) is 20.8 Å². The monoisotopic (exact) mass is 474 g/mol. The van der Waals surface area contributed by atoms with Crippen LogP contribution < -0.4 is 0 Å². The molecule has 4 aliphatic carbocycles. The minimum absolute atomic E-state index is 0.232. The van der Waals surface area contributed by atoms with Crippen LogP contribution in [-0.2, 0) is 24.4 Å². The number of fused-ring (bicyclic) bond motifs is 1. The molecule has 4 atom stereocenters. The fraction of sp³-hybridized carbons (Fsp3) is 0.950. The Hall–Kier alpha value is -0.940. The van der Waals surface area contributed by atoms with Gasteiger partial charge >= 0.3 is 27.3 Å². The number of alkyl halides is 4.